The number of para-hydroxylation sites is 2. The van der Waals surface area contributed by atoms with Crippen LogP contribution in [0.4, 0.5) is 5.13 Å². The standard InChI is InChI=1S/C20H20ClN3O2S/c21-16-7-4-8-17-19(16)22-20(27-17)24-12-10-23(11-13-24)18(25)9-14-26-15-5-2-1-3-6-15/h1-8H,9-14H2. The Morgan fingerprint density at radius 3 is 2.59 bits per heavy atom. The maximum absolute atomic E-state index is 12.4. The van der Waals surface area contributed by atoms with Crippen LogP contribution in [0.5, 0.6) is 5.75 Å². The first kappa shape index (κ1) is 18.1. The second kappa shape index (κ2) is 8.15. The number of benzene rings is 2. The van der Waals surface area contributed by atoms with Gasteiger partial charge < -0.3 is 14.5 Å². The van der Waals surface area contributed by atoms with Crippen LogP contribution < -0.4 is 9.64 Å². The van der Waals surface area contributed by atoms with Gasteiger partial charge in [-0.2, -0.15) is 0 Å². The molecule has 27 heavy (non-hydrogen) atoms. The number of piperazine rings is 1. The van der Waals surface area contributed by atoms with Gasteiger partial charge in [-0.05, 0) is 24.3 Å². The summed E-state index contributed by atoms with van der Waals surface area (Å²) >= 11 is 7.87. The molecule has 3 aromatic rings. The number of ether oxygens (including phenoxy) is 1. The summed E-state index contributed by atoms with van der Waals surface area (Å²) in [5, 5.41) is 1.65. The Morgan fingerprint density at radius 2 is 1.85 bits per heavy atom. The minimum Gasteiger partial charge on any atom is -0.493 e. The number of carbonyl (C=O) groups is 1. The molecule has 0 unspecified atom stereocenters. The van der Waals surface area contributed by atoms with Crippen molar-refractivity contribution in [2.24, 2.45) is 0 Å². The van der Waals surface area contributed by atoms with Crippen molar-refractivity contribution in [1.82, 2.24) is 9.88 Å². The van der Waals surface area contributed by atoms with Crippen molar-refractivity contribution in [2.45, 2.75) is 6.42 Å². The van der Waals surface area contributed by atoms with Gasteiger partial charge in [0.1, 0.15) is 11.3 Å². The van der Waals surface area contributed by atoms with Crippen molar-refractivity contribution < 1.29 is 9.53 Å². The average Bonchev–Trinajstić information content (AvgIpc) is 3.15. The molecule has 0 radical (unpaired) electrons. The van der Waals surface area contributed by atoms with Crippen LogP contribution in [0, 0.1) is 0 Å². The summed E-state index contributed by atoms with van der Waals surface area (Å²) in [5.41, 5.74) is 0.857. The summed E-state index contributed by atoms with van der Waals surface area (Å²) < 4.78 is 6.72. The number of fused-ring (bicyclic) bond motifs is 1. The largest absolute Gasteiger partial charge is 0.493 e. The first-order valence-corrected chi connectivity index (χ1v) is 10.2. The van der Waals surface area contributed by atoms with E-state index in [0.29, 0.717) is 31.1 Å². The summed E-state index contributed by atoms with van der Waals surface area (Å²) in [6.45, 7) is 3.37. The van der Waals surface area contributed by atoms with E-state index in [-0.39, 0.29) is 5.91 Å². The summed E-state index contributed by atoms with van der Waals surface area (Å²) in [6, 6.07) is 15.4. The van der Waals surface area contributed by atoms with Crippen LogP contribution in [0.25, 0.3) is 10.2 Å². The Hall–Kier alpha value is -2.31. The number of halogens is 1. The fourth-order valence-electron chi connectivity index (χ4n) is 3.12. The van der Waals surface area contributed by atoms with Crippen molar-refractivity contribution >= 4 is 44.2 Å². The van der Waals surface area contributed by atoms with Crippen LogP contribution >= 0.6 is 22.9 Å². The number of hydrogen-bond acceptors (Lipinski definition) is 5. The molecule has 0 aliphatic carbocycles. The lowest BCUT2D eigenvalue weighted by molar-refractivity contribution is -0.132. The van der Waals surface area contributed by atoms with E-state index in [1.807, 2.05) is 53.4 Å². The molecular formula is C20H20ClN3O2S. The van der Waals surface area contributed by atoms with Gasteiger partial charge in [-0.15, -0.1) is 0 Å². The molecule has 4 rings (SSSR count). The van der Waals surface area contributed by atoms with Gasteiger partial charge in [0.05, 0.1) is 22.8 Å². The summed E-state index contributed by atoms with van der Waals surface area (Å²) in [7, 11) is 0. The molecule has 2 heterocycles. The Labute approximate surface area is 167 Å². The molecular weight excluding hydrogens is 382 g/mol. The topological polar surface area (TPSA) is 45.7 Å². The molecule has 0 saturated carbocycles. The number of aromatic nitrogens is 1. The number of rotatable bonds is 5. The second-order valence-electron chi connectivity index (χ2n) is 6.36. The first-order chi connectivity index (χ1) is 13.2. The molecule has 1 amide bonds. The van der Waals surface area contributed by atoms with E-state index in [2.05, 4.69) is 9.88 Å². The first-order valence-electron chi connectivity index (χ1n) is 8.96. The van der Waals surface area contributed by atoms with Crippen LogP contribution in [0.1, 0.15) is 6.42 Å². The second-order valence-corrected chi connectivity index (χ2v) is 7.78. The fourth-order valence-corrected chi connectivity index (χ4v) is 4.43. The highest BCUT2D eigenvalue weighted by atomic mass is 35.5. The summed E-state index contributed by atoms with van der Waals surface area (Å²) in [4.78, 5) is 21.2. The molecule has 0 spiro atoms. The number of hydrogen-bond donors (Lipinski definition) is 0. The van der Waals surface area contributed by atoms with Gasteiger partial charge in [0.15, 0.2) is 5.13 Å². The van der Waals surface area contributed by atoms with Crippen LogP contribution in [-0.4, -0.2) is 48.6 Å². The minimum absolute atomic E-state index is 0.137. The van der Waals surface area contributed by atoms with Crippen LogP contribution in [0.3, 0.4) is 0 Å². The zero-order chi connectivity index (χ0) is 18.6. The zero-order valence-electron chi connectivity index (χ0n) is 14.8. The molecule has 1 saturated heterocycles. The Kier molecular flexibility index (Phi) is 5.45. The maximum Gasteiger partial charge on any atom is 0.226 e. The molecule has 1 aliphatic rings. The van der Waals surface area contributed by atoms with E-state index in [1.54, 1.807) is 11.3 Å². The van der Waals surface area contributed by atoms with E-state index >= 15 is 0 Å². The minimum atomic E-state index is 0.137. The van der Waals surface area contributed by atoms with Gasteiger partial charge in [-0.3, -0.25) is 4.79 Å². The van der Waals surface area contributed by atoms with Gasteiger partial charge >= 0.3 is 0 Å². The quantitative estimate of drug-likeness (QED) is 0.646. The molecule has 2 aromatic carbocycles. The molecule has 0 N–H and O–H groups in total. The highest BCUT2D eigenvalue weighted by Crippen LogP contribution is 2.33. The van der Waals surface area contributed by atoms with Gasteiger partial charge in [-0.25, -0.2) is 4.98 Å². The van der Waals surface area contributed by atoms with Gasteiger partial charge in [0.2, 0.25) is 5.91 Å². The van der Waals surface area contributed by atoms with Crippen molar-refractivity contribution in [3.05, 3.63) is 53.6 Å². The Balaban J connectivity index is 1.29. The predicted octanol–water partition coefficient (Wildman–Crippen LogP) is 4.07. The van der Waals surface area contributed by atoms with Gasteiger partial charge in [-0.1, -0.05) is 47.2 Å². The number of amides is 1. The van der Waals surface area contributed by atoms with Crippen LogP contribution in [0.15, 0.2) is 48.5 Å². The molecule has 5 nitrogen and oxygen atoms in total. The smallest absolute Gasteiger partial charge is 0.226 e. The number of carbonyl (C=O) groups excluding carboxylic acids is 1. The van der Waals surface area contributed by atoms with Crippen molar-refractivity contribution in [2.75, 3.05) is 37.7 Å². The molecule has 1 aromatic heterocycles. The average molecular weight is 402 g/mol. The third-order valence-corrected chi connectivity index (χ3v) is 5.98. The normalized spacial score (nSPS) is 14.6. The van der Waals surface area contributed by atoms with Crippen LogP contribution in [-0.2, 0) is 4.79 Å². The fraction of sp³-hybridized carbons (Fsp3) is 0.300. The van der Waals surface area contributed by atoms with E-state index in [0.717, 1.165) is 34.2 Å². The number of anilines is 1. The van der Waals surface area contributed by atoms with E-state index in [1.165, 1.54) is 0 Å². The third-order valence-electron chi connectivity index (χ3n) is 4.59. The number of thiazole rings is 1. The molecule has 140 valence electrons. The highest BCUT2D eigenvalue weighted by molar-refractivity contribution is 7.22. The molecule has 1 aliphatic heterocycles. The highest BCUT2D eigenvalue weighted by Gasteiger charge is 2.23. The summed E-state index contributed by atoms with van der Waals surface area (Å²) in [5.74, 6) is 0.933. The van der Waals surface area contributed by atoms with E-state index < -0.39 is 0 Å². The maximum atomic E-state index is 12.4. The predicted molar refractivity (Wildman–Crippen MR) is 110 cm³/mol. The van der Waals surface area contributed by atoms with Crippen molar-refractivity contribution in [3.8, 4) is 5.75 Å². The monoisotopic (exact) mass is 401 g/mol. The lowest BCUT2D eigenvalue weighted by atomic mass is 10.3. The lowest BCUT2D eigenvalue weighted by Gasteiger charge is -2.34. The summed E-state index contributed by atoms with van der Waals surface area (Å²) in [6.07, 6.45) is 0.394. The van der Waals surface area contributed by atoms with E-state index in [4.69, 9.17) is 16.3 Å². The molecule has 0 bridgehead atoms. The third kappa shape index (κ3) is 4.17. The molecule has 1 fully saturated rings. The van der Waals surface area contributed by atoms with Crippen LogP contribution in [0.2, 0.25) is 5.02 Å². The number of nitrogens with zero attached hydrogens (tertiary/aromatic N) is 3. The van der Waals surface area contributed by atoms with Gasteiger partial charge in [0, 0.05) is 26.2 Å². The Bertz CT molecular complexity index is 923. The lowest BCUT2D eigenvalue weighted by Crippen LogP contribution is -2.49. The zero-order valence-corrected chi connectivity index (χ0v) is 16.4. The van der Waals surface area contributed by atoms with Crippen molar-refractivity contribution in [1.29, 1.82) is 0 Å². The van der Waals surface area contributed by atoms with Crippen molar-refractivity contribution in [3.63, 3.8) is 0 Å². The molecule has 0 atom stereocenters. The SMILES string of the molecule is O=C(CCOc1ccccc1)N1CCN(c2nc3c(Cl)cccc3s2)CC1. The van der Waals surface area contributed by atoms with Gasteiger partial charge in [0.25, 0.3) is 0 Å². The van der Waals surface area contributed by atoms with E-state index in [9.17, 15) is 4.79 Å². The Morgan fingerprint density at radius 1 is 1.07 bits per heavy atom. The molecule has 7 heteroatoms.